The van der Waals surface area contributed by atoms with Crippen molar-refractivity contribution in [1.29, 1.82) is 0 Å². The van der Waals surface area contributed by atoms with Crippen LogP contribution in [0, 0.1) is 0 Å². The van der Waals surface area contributed by atoms with Gasteiger partial charge in [0.05, 0.1) is 0 Å². The van der Waals surface area contributed by atoms with Gasteiger partial charge in [0.15, 0.2) is 5.76 Å². The second-order valence-corrected chi connectivity index (χ2v) is 6.51. The maximum Gasteiger partial charge on any atom is 0.287 e. The third kappa shape index (κ3) is 3.78. The number of hydrogen-bond donors (Lipinski definition) is 2. The van der Waals surface area contributed by atoms with Crippen molar-refractivity contribution in [2.75, 3.05) is 14.1 Å². The van der Waals surface area contributed by atoms with Gasteiger partial charge in [-0.3, -0.25) is 4.79 Å². The molecule has 1 heterocycles. The van der Waals surface area contributed by atoms with Gasteiger partial charge in [-0.1, -0.05) is 29.8 Å². The van der Waals surface area contributed by atoms with Crippen molar-refractivity contribution in [1.82, 2.24) is 10.2 Å². The molecule has 3 aromatic rings. The first kappa shape index (κ1) is 17.3. The highest BCUT2D eigenvalue weighted by atomic mass is 35.5. The average molecular weight is 359 g/mol. The molecule has 1 aromatic heterocycles. The van der Waals surface area contributed by atoms with E-state index in [2.05, 4.69) is 5.32 Å². The molecule has 0 unspecified atom stereocenters. The van der Waals surface area contributed by atoms with Crippen molar-refractivity contribution in [2.24, 2.45) is 0 Å². The van der Waals surface area contributed by atoms with E-state index in [4.69, 9.17) is 16.0 Å². The predicted molar refractivity (Wildman–Crippen MR) is 97.9 cm³/mol. The first-order valence-electron chi connectivity index (χ1n) is 7.86. The third-order valence-electron chi connectivity index (χ3n) is 3.85. The Hall–Kier alpha value is -2.50. The summed E-state index contributed by atoms with van der Waals surface area (Å²) in [5, 5.41) is 13.8. The fraction of sp³-hybridized carbons (Fsp3) is 0.211. The lowest BCUT2D eigenvalue weighted by molar-refractivity contribution is 0.0923. The van der Waals surface area contributed by atoms with Crippen LogP contribution < -0.4 is 5.32 Å². The van der Waals surface area contributed by atoms with Gasteiger partial charge in [-0.15, -0.1) is 0 Å². The number of aromatic hydroxyl groups is 1. The smallest absolute Gasteiger partial charge is 0.287 e. The lowest BCUT2D eigenvalue weighted by Gasteiger charge is -2.11. The average Bonchev–Trinajstić information content (AvgIpc) is 2.93. The van der Waals surface area contributed by atoms with Gasteiger partial charge in [0.2, 0.25) is 0 Å². The number of halogens is 1. The number of nitrogens with zero attached hydrogens (tertiary/aromatic N) is 1. The van der Waals surface area contributed by atoms with Gasteiger partial charge in [0.1, 0.15) is 11.3 Å². The summed E-state index contributed by atoms with van der Waals surface area (Å²) >= 11 is 6.10. The van der Waals surface area contributed by atoms with Gasteiger partial charge in [-0.2, -0.15) is 0 Å². The van der Waals surface area contributed by atoms with E-state index in [-0.39, 0.29) is 18.2 Å². The van der Waals surface area contributed by atoms with E-state index >= 15 is 0 Å². The van der Waals surface area contributed by atoms with Crippen molar-refractivity contribution in [3.8, 4) is 5.75 Å². The first-order chi connectivity index (χ1) is 12.0. The Balaban J connectivity index is 1.87. The number of rotatable bonds is 5. The van der Waals surface area contributed by atoms with Crippen LogP contribution in [0.5, 0.6) is 5.75 Å². The predicted octanol–water partition coefficient (Wildman–Crippen LogP) is 3.78. The Labute approximate surface area is 150 Å². The molecule has 0 saturated heterocycles. The molecule has 0 aliphatic rings. The molecule has 0 saturated carbocycles. The van der Waals surface area contributed by atoms with Crippen LogP contribution >= 0.6 is 11.6 Å². The molecule has 0 aliphatic heterocycles. The van der Waals surface area contributed by atoms with E-state index in [1.54, 1.807) is 6.07 Å². The molecule has 2 aromatic carbocycles. The molecule has 0 bridgehead atoms. The Bertz CT molecular complexity index is 918. The fourth-order valence-corrected chi connectivity index (χ4v) is 2.89. The van der Waals surface area contributed by atoms with Gasteiger partial charge in [-0.05, 0) is 43.9 Å². The normalized spacial score (nSPS) is 11.2. The summed E-state index contributed by atoms with van der Waals surface area (Å²) in [6.45, 7) is 0.789. The maximum atomic E-state index is 12.7. The zero-order valence-corrected chi connectivity index (χ0v) is 14.8. The summed E-state index contributed by atoms with van der Waals surface area (Å²) in [5.41, 5.74) is 2.17. The highest BCUT2D eigenvalue weighted by molar-refractivity contribution is 6.31. The van der Waals surface area contributed by atoms with Crippen LogP contribution in [0.3, 0.4) is 0 Å². The maximum absolute atomic E-state index is 12.7. The van der Waals surface area contributed by atoms with Crippen LogP contribution in [-0.4, -0.2) is 30.0 Å². The van der Waals surface area contributed by atoms with Gasteiger partial charge in [0.25, 0.3) is 5.91 Å². The highest BCUT2D eigenvalue weighted by Gasteiger charge is 2.20. The topological polar surface area (TPSA) is 65.7 Å². The van der Waals surface area contributed by atoms with E-state index in [0.717, 1.165) is 10.9 Å². The number of phenols is 1. The summed E-state index contributed by atoms with van der Waals surface area (Å²) in [7, 11) is 3.88. The van der Waals surface area contributed by atoms with Crippen LogP contribution in [0.2, 0.25) is 5.02 Å². The SMILES string of the molecule is CN(C)Cc1c(C(=O)NCc2cc(O)ccc2Cl)oc2ccccc12. The number of para-hydroxylation sites is 1. The monoisotopic (exact) mass is 358 g/mol. The van der Waals surface area contributed by atoms with Crippen LogP contribution in [0.15, 0.2) is 46.9 Å². The lowest BCUT2D eigenvalue weighted by atomic mass is 10.1. The number of nitrogens with one attached hydrogen (secondary N) is 1. The molecule has 2 N–H and O–H groups in total. The molecule has 6 heteroatoms. The molecule has 1 amide bonds. The second-order valence-electron chi connectivity index (χ2n) is 6.10. The summed E-state index contributed by atoms with van der Waals surface area (Å²) in [6, 6.07) is 12.2. The van der Waals surface area contributed by atoms with E-state index in [1.165, 1.54) is 12.1 Å². The quantitative estimate of drug-likeness (QED) is 0.728. The number of furan rings is 1. The molecule has 25 heavy (non-hydrogen) atoms. The number of fused-ring (bicyclic) bond motifs is 1. The first-order valence-corrected chi connectivity index (χ1v) is 8.24. The molecule has 3 rings (SSSR count). The molecule has 0 aliphatic carbocycles. The minimum atomic E-state index is -0.313. The van der Waals surface area contributed by atoms with Crippen molar-refractivity contribution >= 4 is 28.5 Å². The van der Waals surface area contributed by atoms with Crippen LogP contribution in [0.1, 0.15) is 21.7 Å². The van der Waals surface area contributed by atoms with Crippen LogP contribution in [0.4, 0.5) is 0 Å². The minimum Gasteiger partial charge on any atom is -0.508 e. The minimum absolute atomic E-state index is 0.102. The largest absolute Gasteiger partial charge is 0.508 e. The van der Waals surface area contributed by atoms with Crippen molar-refractivity contribution in [2.45, 2.75) is 13.1 Å². The molecule has 0 radical (unpaired) electrons. The van der Waals surface area contributed by atoms with Crippen molar-refractivity contribution < 1.29 is 14.3 Å². The number of carbonyl (C=O) groups excluding carboxylic acids is 1. The van der Waals surface area contributed by atoms with E-state index in [0.29, 0.717) is 28.5 Å². The fourth-order valence-electron chi connectivity index (χ4n) is 2.71. The van der Waals surface area contributed by atoms with E-state index in [9.17, 15) is 9.90 Å². The molecule has 0 spiro atoms. The zero-order chi connectivity index (χ0) is 18.0. The Morgan fingerprint density at radius 2 is 2.00 bits per heavy atom. The summed E-state index contributed by atoms with van der Waals surface area (Å²) < 4.78 is 5.78. The Morgan fingerprint density at radius 1 is 1.24 bits per heavy atom. The van der Waals surface area contributed by atoms with Crippen LogP contribution in [-0.2, 0) is 13.1 Å². The second kappa shape index (κ2) is 7.17. The Kier molecular flexibility index (Phi) is 4.97. The number of phenolic OH excluding ortho intramolecular Hbond substituents is 1. The standard InChI is InChI=1S/C19H19ClN2O3/c1-22(2)11-15-14-5-3-4-6-17(14)25-18(15)19(24)21-10-12-9-13(23)7-8-16(12)20/h3-9,23H,10-11H2,1-2H3,(H,21,24). The number of benzene rings is 2. The Morgan fingerprint density at radius 3 is 2.76 bits per heavy atom. The molecule has 0 atom stereocenters. The molecule has 5 nitrogen and oxygen atoms in total. The number of hydrogen-bond acceptors (Lipinski definition) is 4. The van der Waals surface area contributed by atoms with E-state index < -0.39 is 0 Å². The third-order valence-corrected chi connectivity index (χ3v) is 4.22. The highest BCUT2D eigenvalue weighted by Crippen LogP contribution is 2.27. The lowest BCUT2D eigenvalue weighted by Crippen LogP contribution is -2.24. The summed E-state index contributed by atoms with van der Waals surface area (Å²) in [6.07, 6.45) is 0. The van der Waals surface area contributed by atoms with Crippen molar-refractivity contribution in [3.63, 3.8) is 0 Å². The summed E-state index contributed by atoms with van der Waals surface area (Å²) in [5.74, 6) is 0.0873. The molecular weight excluding hydrogens is 340 g/mol. The zero-order valence-electron chi connectivity index (χ0n) is 14.0. The van der Waals surface area contributed by atoms with Crippen molar-refractivity contribution in [3.05, 3.63) is 64.4 Å². The van der Waals surface area contributed by atoms with E-state index in [1.807, 2.05) is 43.3 Å². The number of carbonyl (C=O) groups is 1. The molecule has 0 fully saturated rings. The molecular formula is C19H19ClN2O3. The van der Waals surface area contributed by atoms with Gasteiger partial charge >= 0.3 is 0 Å². The van der Waals surface area contributed by atoms with Crippen LogP contribution in [0.25, 0.3) is 11.0 Å². The van der Waals surface area contributed by atoms with Gasteiger partial charge < -0.3 is 19.7 Å². The van der Waals surface area contributed by atoms with Gasteiger partial charge in [0, 0.05) is 29.1 Å². The number of amides is 1. The summed E-state index contributed by atoms with van der Waals surface area (Å²) in [4.78, 5) is 14.6. The molecule has 130 valence electrons. The van der Waals surface area contributed by atoms with Gasteiger partial charge in [-0.25, -0.2) is 0 Å².